The molecule has 1 saturated heterocycles. The molecule has 1 fully saturated rings. The van der Waals surface area contributed by atoms with Gasteiger partial charge < -0.3 is 9.64 Å². The first-order valence-corrected chi connectivity index (χ1v) is 10.2. The van der Waals surface area contributed by atoms with Gasteiger partial charge in [-0.3, -0.25) is 9.48 Å². The van der Waals surface area contributed by atoms with Gasteiger partial charge in [-0.1, -0.05) is 30.3 Å². The van der Waals surface area contributed by atoms with E-state index in [2.05, 4.69) is 11.2 Å². The van der Waals surface area contributed by atoms with Gasteiger partial charge in [0.2, 0.25) is 5.91 Å². The molecule has 0 N–H and O–H groups in total. The van der Waals surface area contributed by atoms with Crippen LogP contribution in [0.15, 0.2) is 48.5 Å². The SMILES string of the molecule is Cn1nc(CC(=O)N2CCOC[C@@H]2c2nc3ccccc3s2)c2ccccc21. The number of hydrogen-bond donors (Lipinski definition) is 0. The van der Waals surface area contributed by atoms with Crippen LogP contribution in [0.5, 0.6) is 0 Å². The number of hydrogen-bond acceptors (Lipinski definition) is 5. The van der Waals surface area contributed by atoms with E-state index in [0.29, 0.717) is 19.8 Å². The topological polar surface area (TPSA) is 60.2 Å². The maximum Gasteiger partial charge on any atom is 0.229 e. The third-order valence-corrected chi connectivity index (χ3v) is 6.33. The molecule has 2 aromatic heterocycles. The summed E-state index contributed by atoms with van der Waals surface area (Å²) in [6.45, 7) is 1.61. The Morgan fingerprint density at radius 1 is 1.21 bits per heavy atom. The highest BCUT2D eigenvalue weighted by atomic mass is 32.1. The highest BCUT2D eigenvalue weighted by molar-refractivity contribution is 7.18. The number of nitrogens with zero attached hydrogens (tertiary/aromatic N) is 4. The number of carbonyl (C=O) groups excluding carboxylic acids is 1. The van der Waals surface area contributed by atoms with Crippen molar-refractivity contribution in [3.8, 4) is 0 Å². The molecule has 142 valence electrons. The normalized spacial score (nSPS) is 17.5. The zero-order valence-electron chi connectivity index (χ0n) is 15.5. The molecule has 1 aliphatic rings. The minimum atomic E-state index is -0.145. The minimum Gasteiger partial charge on any atom is -0.377 e. The zero-order valence-corrected chi connectivity index (χ0v) is 16.4. The summed E-state index contributed by atoms with van der Waals surface area (Å²) in [6, 6.07) is 15.9. The molecule has 1 atom stereocenters. The fourth-order valence-electron chi connectivity index (χ4n) is 3.80. The maximum absolute atomic E-state index is 13.2. The number of rotatable bonds is 3. The van der Waals surface area contributed by atoms with E-state index in [1.807, 2.05) is 59.1 Å². The molecule has 0 saturated carbocycles. The molecule has 0 unspecified atom stereocenters. The number of ether oxygens (including phenoxy) is 1. The Balaban J connectivity index is 1.45. The average Bonchev–Trinajstić information content (AvgIpc) is 3.30. The van der Waals surface area contributed by atoms with Gasteiger partial charge >= 0.3 is 0 Å². The molecule has 1 aliphatic heterocycles. The molecule has 0 radical (unpaired) electrons. The van der Waals surface area contributed by atoms with Gasteiger partial charge in [-0.05, 0) is 18.2 Å². The number of carbonyl (C=O) groups is 1. The van der Waals surface area contributed by atoms with E-state index < -0.39 is 0 Å². The molecule has 7 heteroatoms. The number of amides is 1. The van der Waals surface area contributed by atoms with Crippen molar-refractivity contribution in [2.75, 3.05) is 19.8 Å². The monoisotopic (exact) mass is 392 g/mol. The van der Waals surface area contributed by atoms with E-state index in [-0.39, 0.29) is 18.4 Å². The minimum absolute atomic E-state index is 0.0661. The van der Waals surface area contributed by atoms with Gasteiger partial charge in [0.25, 0.3) is 0 Å². The van der Waals surface area contributed by atoms with E-state index in [4.69, 9.17) is 9.72 Å². The predicted molar refractivity (Wildman–Crippen MR) is 109 cm³/mol. The molecule has 5 rings (SSSR count). The first-order valence-electron chi connectivity index (χ1n) is 9.34. The summed E-state index contributed by atoms with van der Waals surface area (Å²) in [5, 5.41) is 6.54. The molecule has 4 aromatic rings. The van der Waals surface area contributed by atoms with Gasteiger partial charge in [0.15, 0.2) is 0 Å². The number of benzene rings is 2. The summed E-state index contributed by atoms with van der Waals surface area (Å²) in [4.78, 5) is 19.9. The van der Waals surface area contributed by atoms with Crippen molar-refractivity contribution in [1.82, 2.24) is 19.7 Å². The standard InChI is InChI=1S/C21H20N4O2S/c1-24-17-8-4-2-6-14(17)16(23-24)12-20(26)25-10-11-27-13-18(25)21-22-15-7-3-5-9-19(15)28-21/h2-9,18H,10-13H2,1H3/t18-/m1/s1. The van der Waals surface area contributed by atoms with Crippen LogP contribution >= 0.6 is 11.3 Å². The fourth-order valence-corrected chi connectivity index (χ4v) is 4.87. The van der Waals surface area contributed by atoms with Crippen molar-refractivity contribution >= 4 is 38.4 Å². The summed E-state index contributed by atoms with van der Waals surface area (Å²) in [5.74, 6) is 0.0661. The Hall–Kier alpha value is -2.77. The Kier molecular flexibility index (Phi) is 4.33. The molecule has 0 bridgehead atoms. The summed E-state index contributed by atoms with van der Waals surface area (Å²) >= 11 is 1.63. The van der Waals surface area contributed by atoms with Crippen LogP contribution in [0.4, 0.5) is 0 Å². The Morgan fingerprint density at radius 2 is 2.04 bits per heavy atom. The number of aryl methyl sites for hydroxylation is 1. The third kappa shape index (κ3) is 2.96. The summed E-state index contributed by atoms with van der Waals surface area (Å²) < 4.78 is 8.66. The first-order chi connectivity index (χ1) is 13.7. The van der Waals surface area contributed by atoms with E-state index in [9.17, 15) is 4.79 Å². The average molecular weight is 392 g/mol. The first kappa shape index (κ1) is 17.3. The van der Waals surface area contributed by atoms with E-state index in [0.717, 1.165) is 31.8 Å². The molecule has 1 amide bonds. The van der Waals surface area contributed by atoms with Crippen molar-refractivity contribution in [2.45, 2.75) is 12.5 Å². The smallest absolute Gasteiger partial charge is 0.229 e. The Bertz CT molecular complexity index is 1130. The van der Waals surface area contributed by atoms with Gasteiger partial charge in [-0.15, -0.1) is 11.3 Å². The lowest BCUT2D eigenvalue weighted by Gasteiger charge is -2.34. The van der Waals surface area contributed by atoms with E-state index >= 15 is 0 Å². The van der Waals surface area contributed by atoms with Gasteiger partial charge in [0.1, 0.15) is 11.0 Å². The Labute approximate surface area is 166 Å². The van der Waals surface area contributed by atoms with Crippen molar-refractivity contribution in [3.05, 3.63) is 59.2 Å². The second-order valence-electron chi connectivity index (χ2n) is 6.96. The second-order valence-corrected chi connectivity index (χ2v) is 8.02. The van der Waals surface area contributed by atoms with Crippen LogP contribution in [0, 0.1) is 0 Å². The number of fused-ring (bicyclic) bond motifs is 2. The van der Waals surface area contributed by atoms with Crippen LogP contribution in [0.3, 0.4) is 0 Å². The van der Waals surface area contributed by atoms with Crippen molar-refractivity contribution in [1.29, 1.82) is 0 Å². The number of thiazole rings is 1. The summed E-state index contributed by atoms with van der Waals surface area (Å²) in [7, 11) is 1.91. The summed E-state index contributed by atoms with van der Waals surface area (Å²) in [5.41, 5.74) is 2.82. The van der Waals surface area contributed by atoms with E-state index in [1.54, 1.807) is 11.3 Å². The molecule has 0 aliphatic carbocycles. The van der Waals surface area contributed by atoms with Gasteiger partial charge in [-0.25, -0.2) is 4.98 Å². The molecular formula is C21H20N4O2S. The molecule has 0 spiro atoms. The zero-order chi connectivity index (χ0) is 19.1. The van der Waals surface area contributed by atoms with Crippen LogP contribution in [0.2, 0.25) is 0 Å². The predicted octanol–water partition coefficient (Wildman–Crippen LogP) is 3.33. The number of morpholine rings is 1. The number of para-hydroxylation sites is 2. The molecule has 28 heavy (non-hydrogen) atoms. The maximum atomic E-state index is 13.2. The molecular weight excluding hydrogens is 372 g/mol. The molecule has 3 heterocycles. The lowest BCUT2D eigenvalue weighted by atomic mass is 10.1. The quantitative estimate of drug-likeness (QED) is 0.537. The molecule has 6 nitrogen and oxygen atoms in total. The van der Waals surface area contributed by atoms with Crippen LogP contribution in [-0.4, -0.2) is 45.3 Å². The highest BCUT2D eigenvalue weighted by Crippen LogP contribution is 2.32. The lowest BCUT2D eigenvalue weighted by Crippen LogP contribution is -2.44. The van der Waals surface area contributed by atoms with Crippen molar-refractivity contribution < 1.29 is 9.53 Å². The summed E-state index contributed by atoms with van der Waals surface area (Å²) in [6.07, 6.45) is 0.281. The fraction of sp³-hybridized carbons (Fsp3) is 0.286. The third-order valence-electron chi connectivity index (χ3n) is 5.20. The van der Waals surface area contributed by atoms with Crippen molar-refractivity contribution in [3.63, 3.8) is 0 Å². The highest BCUT2D eigenvalue weighted by Gasteiger charge is 2.31. The van der Waals surface area contributed by atoms with Crippen LogP contribution < -0.4 is 0 Å². The van der Waals surface area contributed by atoms with Gasteiger partial charge in [-0.2, -0.15) is 5.10 Å². The second kappa shape index (κ2) is 7.00. The van der Waals surface area contributed by atoms with Crippen molar-refractivity contribution in [2.24, 2.45) is 7.05 Å². The van der Waals surface area contributed by atoms with Gasteiger partial charge in [0, 0.05) is 19.0 Å². The Morgan fingerprint density at radius 3 is 2.93 bits per heavy atom. The van der Waals surface area contributed by atoms with Crippen LogP contribution in [0.25, 0.3) is 21.1 Å². The lowest BCUT2D eigenvalue weighted by molar-refractivity contribution is -0.139. The van der Waals surface area contributed by atoms with Crippen LogP contribution in [0.1, 0.15) is 16.7 Å². The van der Waals surface area contributed by atoms with E-state index in [1.165, 1.54) is 0 Å². The van der Waals surface area contributed by atoms with Gasteiger partial charge in [0.05, 0.1) is 41.1 Å². The number of aromatic nitrogens is 3. The van der Waals surface area contributed by atoms with Crippen LogP contribution in [-0.2, 0) is 23.0 Å². The largest absolute Gasteiger partial charge is 0.377 e. The molecule has 2 aromatic carbocycles.